The van der Waals surface area contributed by atoms with Crippen LogP contribution in [0.5, 0.6) is 0 Å². The van der Waals surface area contributed by atoms with Gasteiger partial charge in [-0.25, -0.2) is 0 Å². The Balaban J connectivity index is 2.55. The fourth-order valence-corrected chi connectivity index (χ4v) is 2.60. The van der Waals surface area contributed by atoms with Crippen LogP contribution in [-0.4, -0.2) is 49.6 Å². The summed E-state index contributed by atoms with van der Waals surface area (Å²) in [7, 11) is 1.68. The van der Waals surface area contributed by atoms with Crippen LogP contribution in [0.1, 0.15) is 33.1 Å². The zero-order valence-corrected chi connectivity index (χ0v) is 12.3. The molecule has 5 nitrogen and oxygen atoms in total. The van der Waals surface area contributed by atoms with Gasteiger partial charge in [0.1, 0.15) is 5.54 Å². The molecule has 19 heavy (non-hydrogen) atoms. The summed E-state index contributed by atoms with van der Waals surface area (Å²) in [4.78, 5) is 13.9. The summed E-state index contributed by atoms with van der Waals surface area (Å²) >= 11 is 0. The van der Waals surface area contributed by atoms with Crippen molar-refractivity contribution in [2.45, 2.75) is 38.6 Å². The van der Waals surface area contributed by atoms with Crippen molar-refractivity contribution in [3.63, 3.8) is 0 Å². The molecule has 1 saturated heterocycles. The third kappa shape index (κ3) is 4.81. The van der Waals surface area contributed by atoms with E-state index in [0.29, 0.717) is 6.54 Å². The number of nitrogens with one attached hydrogen (secondary N) is 2. The van der Waals surface area contributed by atoms with Crippen molar-refractivity contribution in [1.29, 1.82) is 5.26 Å². The highest BCUT2D eigenvalue weighted by Gasteiger charge is 2.31. The van der Waals surface area contributed by atoms with Gasteiger partial charge >= 0.3 is 0 Å². The van der Waals surface area contributed by atoms with Gasteiger partial charge in [-0.05, 0) is 39.3 Å². The first-order chi connectivity index (χ1) is 9.04. The summed E-state index contributed by atoms with van der Waals surface area (Å²) < 4.78 is 0. The first kappa shape index (κ1) is 15.9. The van der Waals surface area contributed by atoms with E-state index in [9.17, 15) is 10.1 Å². The fourth-order valence-electron chi connectivity index (χ4n) is 2.60. The molecule has 1 rings (SSSR count). The van der Waals surface area contributed by atoms with Crippen molar-refractivity contribution >= 4 is 5.91 Å². The molecule has 108 valence electrons. The fraction of sp³-hybridized carbons (Fsp3) is 0.857. The lowest BCUT2D eigenvalue weighted by Crippen LogP contribution is -2.53. The lowest BCUT2D eigenvalue weighted by atomic mass is 9.95. The maximum absolute atomic E-state index is 11.7. The summed E-state index contributed by atoms with van der Waals surface area (Å²) in [6, 6.07) is 2.37. The van der Waals surface area contributed by atoms with Crippen LogP contribution in [0.15, 0.2) is 0 Å². The Morgan fingerprint density at radius 1 is 1.58 bits per heavy atom. The molecule has 1 fully saturated rings. The Morgan fingerprint density at radius 3 is 2.89 bits per heavy atom. The molecule has 0 bridgehead atoms. The van der Waals surface area contributed by atoms with Gasteiger partial charge < -0.3 is 5.32 Å². The number of hydrogen-bond donors (Lipinski definition) is 2. The second-order valence-corrected chi connectivity index (χ2v) is 5.56. The van der Waals surface area contributed by atoms with Gasteiger partial charge in [-0.2, -0.15) is 5.26 Å². The minimum Gasteiger partial charge on any atom is -0.359 e. The minimum atomic E-state index is -0.527. The maximum Gasteiger partial charge on any atom is 0.224 e. The average molecular weight is 266 g/mol. The van der Waals surface area contributed by atoms with Gasteiger partial charge in [0.05, 0.1) is 12.0 Å². The zero-order valence-electron chi connectivity index (χ0n) is 12.3. The van der Waals surface area contributed by atoms with Crippen molar-refractivity contribution in [2.75, 3.05) is 33.2 Å². The van der Waals surface area contributed by atoms with Crippen LogP contribution in [0, 0.1) is 17.2 Å². The summed E-state index contributed by atoms with van der Waals surface area (Å²) in [5, 5.41) is 15.4. The quantitative estimate of drug-likeness (QED) is 0.743. The van der Waals surface area contributed by atoms with Gasteiger partial charge in [0.2, 0.25) is 5.91 Å². The highest BCUT2D eigenvalue weighted by atomic mass is 16.1. The number of carbonyl (C=O) groups excluding carboxylic acids is 1. The highest BCUT2D eigenvalue weighted by Crippen LogP contribution is 2.18. The van der Waals surface area contributed by atoms with E-state index >= 15 is 0 Å². The largest absolute Gasteiger partial charge is 0.359 e. The van der Waals surface area contributed by atoms with Crippen LogP contribution in [0.3, 0.4) is 0 Å². The van der Waals surface area contributed by atoms with Crippen molar-refractivity contribution in [3.05, 3.63) is 0 Å². The molecule has 0 saturated carbocycles. The van der Waals surface area contributed by atoms with E-state index in [0.717, 1.165) is 38.9 Å². The Labute approximate surface area is 116 Å². The molecule has 5 heteroatoms. The van der Waals surface area contributed by atoms with Crippen molar-refractivity contribution in [2.24, 2.45) is 5.92 Å². The summed E-state index contributed by atoms with van der Waals surface area (Å²) in [6.07, 6.45) is 2.98. The van der Waals surface area contributed by atoms with Crippen LogP contribution in [-0.2, 0) is 4.79 Å². The smallest absolute Gasteiger partial charge is 0.224 e. The second-order valence-electron chi connectivity index (χ2n) is 5.56. The van der Waals surface area contributed by atoms with E-state index in [-0.39, 0.29) is 11.8 Å². The number of amides is 1. The molecule has 2 N–H and O–H groups in total. The predicted molar refractivity (Wildman–Crippen MR) is 75.5 cm³/mol. The van der Waals surface area contributed by atoms with Crippen molar-refractivity contribution in [1.82, 2.24) is 15.5 Å². The number of carbonyl (C=O) groups is 1. The number of piperidine rings is 1. The van der Waals surface area contributed by atoms with Crippen molar-refractivity contribution in [3.8, 4) is 6.07 Å². The second kappa shape index (κ2) is 7.46. The SMILES string of the molecule is CCCNC(C)(C#N)CN1CCCC(C(=O)NC)C1. The molecule has 0 spiro atoms. The molecule has 0 aliphatic carbocycles. The first-order valence-electron chi connectivity index (χ1n) is 7.15. The van der Waals surface area contributed by atoms with Crippen LogP contribution in [0.25, 0.3) is 0 Å². The Morgan fingerprint density at radius 2 is 2.32 bits per heavy atom. The summed E-state index contributed by atoms with van der Waals surface area (Å²) in [5.74, 6) is 0.178. The van der Waals surface area contributed by atoms with E-state index in [1.54, 1.807) is 7.05 Å². The molecular formula is C14H26N4O. The third-order valence-electron chi connectivity index (χ3n) is 3.67. The molecule has 0 aromatic carbocycles. The third-order valence-corrected chi connectivity index (χ3v) is 3.67. The van der Waals surface area contributed by atoms with E-state index in [1.165, 1.54) is 0 Å². The number of nitrogens with zero attached hydrogens (tertiary/aromatic N) is 2. The van der Waals surface area contributed by atoms with Crippen molar-refractivity contribution < 1.29 is 4.79 Å². The zero-order chi connectivity index (χ0) is 14.3. The molecule has 0 aromatic rings. The van der Waals surface area contributed by atoms with Gasteiger partial charge in [-0.3, -0.25) is 15.0 Å². The molecule has 2 unspecified atom stereocenters. The van der Waals surface area contributed by atoms with Gasteiger partial charge in [0.15, 0.2) is 0 Å². The Bertz CT molecular complexity index is 339. The normalized spacial score (nSPS) is 23.4. The molecule has 1 aliphatic heterocycles. The Hall–Kier alpha value is -1.12. The maximum atomic E-state index is 11.7. The molecule has 2 atom stereocenters. The van der Waals surface area contributed by atoms with Gasteiger partial charge in [0, 0.05) is 20.1 Å². The molecule has 0 aromatic heterocycles. The molecule has 1 aliphatic rings. The van der Waals surface area contributed by atoms with E-state index in [4.69, 9.17) is 0 Å². The monoisotopic (exact) mass is 266 g/mol. The number of rotatable bonds is 6. The van der Waals surface area contributed by atoms with E-state index in [1.807, 2.05) is 6.92 Å². The van der Waals surface area contributed by atoms with Crippen LogP contribution in [0.2, 0.25) is 0 Å². The molecule has 1 heterocycles. The predicted octanol–water partition coefficient (Wildman–Crippen LogP) is 0.726. The van der Waals surface area contributed by atoms with Gasteiger partial charge in [-0.1, -0.05) is 6.92 Å². The average Bonchev–Trinajstić information content (AvgIpc) is 2.44. The molecular weight excluding hydrogens is 240 g/mol. The van der Waals surface area contributed by atoms with Crippen LogP contribution >= 0.6 is 0 Å². The van der Waals surface area contributed by atoms with E-state index in [2.05, 4.69) is 28.5 Å². The number of likely N-dealkylation sites (tertiary alicyclic amines) is 1. The topological polar surface area (TPSA) is 68.2 Å². The standard InChI is InChI=1S/C14H26N4O/c1-4-7-17-14(2,10-15)11-18-8-5-6-12(9-18)13(19)16-3/h12,17H,4-9,11H2,1-3H3,(H,16,19). The summed E-state index contributed by atoms with van der Waals surface area (Å²) in [5.41, 5.74) is -0.527. The molecule has 1 amide bonds. The van der Waals surface area contributed by atoms with Crippen LogP contribution < -0.4 is 10.6 Å². The minimum absolute atomic E-state index is 0.0628. The number of nitriles is 1. The highest BCUT2D eigenvalue weighted by molar-refractivity contribution is 5.78. The molecule has 0 radical (unpaired) electrons. The lowest BCUT2D eigenvalue weighted by molar-refractivity contribution is -0.126. The van der Waals surface area contributed by atoms with E-state index < -0.39 is 5.54 Å². The first-order valence-corrected chi connectivity index (χ1v) is 7.15. The Kier molecular flexibility index (Phi) is 6.26. The van der Waals surface area contributed by atoms with Crippen LogP contribution in [0.4, 0.5) is 0 Å². The van der Waals surface area contributed by atoms with Gasteiger partial charge in [0.25, 0.3) is 0 Å². The van der Waals surface area contributed by atoms with Gasteiger partial charge in [-0.15, -0.1) is 0 Å². The lowest BCUT2D eigenvalue weighted by Gasteiger charge is -2.36. The summed E-state index contributed by atoms with van der Waals surface area (Å²) in [6.45, 7) is 7.27. The number of hydrogen-bond acceptors (Lipinski definition) is 4.